The Kier molecular flexibility index (Phi) is 6.36. The van der Waals surface area contributed by atoms with Crippen molar-refractivity contribution >= 4 is 11.6 Å². The molecular weight excluding hydrogens is 278 g/mol. The van der Waals surface area contributed by atoms with E-state index in [9.17, 15) is 9.90 Å². The summed E-state index contributed by atoms with van der Waals surface area (Å²) in [4.78, 5) is 15.9. The number of likely N-dealkylation sites (N-methyl/N-ethyl adjacent to an activating group) is 1. The van der Waals surface area contributed by atoms with Crippen LogP contribution in [0.1, 0.15) is 31.9 Å². The summed E-state index contributed by atoms with van der Waals surface area (Å²) in [5.74, 6) is -0.0838. The van der Waals surface area contributed by atoms with Crippen LogP contribution in [0.25, 0.3) is 0 Å². The monoisotopic (exact) mass is 305 g/mol. The number of nitrogens with one attached hydrogen (secondary N) is 1. The highest BCUT2D eigenvalue weighted by Crippen LogP contribution is 2.19. The van der Waals surface area contributed by atoms with Gasteiger partial charge in [-0.1, -0.05) is 19.1 Å². The van der Waals surface area contributed by atoms with Crippen molar-refractivity contribution in [2.45, 2.75) is 26.4 Å². The largest absolute Gasteiger partial charge is 0.388 e. The minimum absolute atomic E-state index is 0.0838. The molecule has 1 amide bonds. The highest BCUT2D eigenvalue weighted by molar-refractivity contribution is 5.88. The van der Waals surface area contributed by atoms with Gasteiger partial charge in [0.15, 0.2) is 0 Å². The number of anilines is 1. The van der Waals surface area contributed by atoms with Gasteiger partial charge in [0.2, 0.25) is 5.91 Å². The van der Waals surface area contributed by atoms with Crippen molar-refractivity contribution in [1.82, 2.24) is 9.80 Å². The van der Waals surface area contributed by atoms with E-state index in [0.717, 1.165) is 56.9 Å². The maximum atomic E-state index is 11.0. The number of hydrogen-bond acceptors (Lipinski definition) is 4. The van der Waals surface area contributed by atoms with Crippen LogP contribution in [-0.2, 0) is 4.79 Å². The average Bonchev–Trinajstić information content (AvgIpc) is 2.53. The topological polar surface area (TPSA) is 55.8 Å². The molecule has 122 valence electrons. The molecule has 1 aliphatic rings. The van der Waals surface area contributed by atoms with Crippen molar-refractivity contribution in [2.75, 3.05) is 44.6 Å². The normalized spacial score (nSPS) is 18.1. The Labute approximate surface area is 132 Å². The molecule has 0 aliphatic carbocycles. The van der Waals surface area contributed by atoms with Gasteiger partial charge in [-0.3, -0.25) is 4.79 Å². The molecule has 0 saturated carbocycles. The molecule has 1 aromatic carbocycles. The highest BCUT2D eigenvalue weighted by atomic mass is 16.3. The lowest BCUT2D eigenvalue weighted by molar-refractivity contribution is -0.114. The molecule has 1 saturated heterocycles. The Morgan fingerprint density at radius 2 is 1.77 bits per heavy atom. The zero-order chi connectivity index (χ0) is 15.9. The molecule has 0 aromatic heterocycles. The van der Waals surface area contributed by atoms with E-state index in [1.807, 2.05) is 24.3 Å². The summed E-state index contributed by atoms with van der Waals surface area (Å²) in [6, 6.07) is 7.43. The summed E-state index contributed by atoms with van der Waals surface area (Å²) in [5, 5.41) is 13.0. The number of carbonyl (C=O) groups excluding carboxylic acids is 1. The van der Waals surface area contributed by atoms with Crippen LogP contribution in [0.3, 0.4) is 0 Å². The Morgan fingerprint density at radius 1 is 1.18 bits per heavy atom. The van der Waals surface area contributed by atoms with Gasteiger partial charge < -0.3 is 20.2 Å². The number of hydrogen-bond donors (Lipinski definition) is 2. The average molecular weight is 305 g/mol. The molecule has 2 N–H and O–H groups in total. The second-order valence-electron chi connectivity index (χ2n) is 5.88. The van der Waals surface area contributed by atoms with Crippen LogP contribution in [0.2, 0.25) is 0 Å². The molecule has 1 atom stereocenters. The van der Waals surface area contributed by atoms with Crippen molar-refractivity contribution in [1.29, 1.82) is 0 Å². The predicted octanol–water partition coefficient (Wildman–Crippen LogP) is 1.71. The Balaban J connectivity index is 1.77. The van der Waals surface area contributed by atoms with Crippen LogP contribution in [0.15, 0.2) is 24.3 Å². The third kappa shape index (κ3) is 5.09. The number of piperazine rings is 1. The Bertz CT molecular complexity index is 467. The number of rotatable bonds is 6. The number of nitrogens with zero attached hydrogens (tertiary/aromatic N) is 2. The fraction of sp³-hybridized carbons (Fsp3) is 0.588. The summed E-state index contributed by atoms with van der Waals surface area (Å²) in [7, 11) is 0. The van der Waals surface area contributed by atoms with Crippen LogP contribution in [0.5, 0.6) is 0 Å². The van der Waals surface area contributed by atoms with Crippen molar-refractivity contribution in [3.63, 3.8) is 0 Å². The number of carbonyl (C=O) groups is 1. The summed E-state index contributed by atoms with van der Waals surface area (Å²) >= 11 is 0. The van der Waals surface area contributed by atoms with E-state index in [0.29, 0.717) is 0 Å². The minimum Gasteiger partial charge on any atom is -0.388 e. The highest BCUT2D eigenvalue weighted by Gasteiger charge is 2.16. The van der Waals surface area contributed by atoms with E-state index in [-0.39, 0.29) is 5.91 Å². The molecule has 5 heteroatoms. The quantitative estimate of drug-likeness (QED) is 0.840. The first-order chi connectivity index (χ1) is 10.6. The number of aliphatic hydroxyl groups excluding tert-OH is 1. The molecule has 0 bridgehead atoms. The zero-order valence-corrected chi connectivity index (χ0v) is 13.6. The van der Waals surface area contributed by atoms with Crippen molar-refractivity contribution in [3.05, 3.63) is 29.8 Å². The molecule has 1 aromatic rings. The van der Waals surface area contributed by atoms with Crippen LogP contribution in [0, 0.1) is 0 Å². The van der Waals surface area contributed by atoms with E-state index in [2.05, 4.69) is 22.0 Å². The third-order valence-corrected chi connectivity index (χ3v) is 4.25. The Hall–Kier alpha value is -1.43. The van der Waals surface area contributed by atoms with E-state index >= 15 is 0 Å². The van der Waals surface area contributed by atoms with Gasteiger partial charge in [-0.25, -0.2) is 0 Å². The maximum absolute atomic E-state index is 11.0. The van der Waals surface area contributed by atoms with E-state index in [1.54, 1.807) is 0 Å². The molecule has 2 rings (SSSR count). The smallest absolute Gasteiger partial charge is 0.221 e. The first kappa shape index (κ1) is 16.9. The van der Waals surface area contributed by atoms with Gasteiger partial charge in [0.1, 0.15) is 0 Å². The number of amides is 1. The van der Waals surface area contributed by atoms with Gasteiger partial charge in [0.05, 0.1) is 6.10 Å². The van der Waals surface area contributed by atoms with E-state index in [4.69, 9.17) is 0 Å². The standard InChI is InChI=1S/C17H27N3O2/c1-3-19-10-12-20(13-11-19)9-8-17(22)15-4-6-16(7-5-15)18-14(2)21/h4-7,17,22H,3,8-13H2,1-2H3,(H,18,21). The fourth-order valence-electron chi connectivity index (χ4n) is 2.79. The number of aliphatic hydroxyl groups is 1. The van der Waals surface area contributed by atoms with Gasteiger partial charge >= 0.3 is 0 Å². The lowest BCUT2D eigenvalue weighted by Gasteiger charge is -2.34. The first-order valence-electron chi connectivity index (χ1n) is 8.09. The van der Waals surface area contributed by atoms with Gasteiger partial charge in [0, 0.05) is 45.3 Å². The minimum atomic E-state index is -0.449. The molecule has 0 spiro atoms. The van der Waals surface area contributed by atoms with Crippen LogP contribution >= 0.6 is 0 Å². The van der Waals surface area contributed by atoms with Gasteiger partial charge in [-0.05, 0) is 30.7 Å². The fourth-order valence-corrected chi connectivity index (χ4v) is 2.79. The van der Waals surface area contributed by atoms with Gasteiger partial charge in [-0.15, -0.1) is 0 Å². The summed E-state index contributed by atoms with van der Waals surface area (Å²) in [6.45, 7) is 10.1. The maximum Gasteiger partial charge on any atom is 0.221 e. The van der Waals surface area contributed by atoms with Crippen molar-refractivity contribution < 1.29 is 9.90 Å². The van der Waals surface area contributed by atoms with E-state index in [1.165, 1.54) is 6.92 Å². The molecule has 1 unspecified atom stereocenters. The summed E-state index contributed by atoms with van der Waals surface area (Å²) < 4.78 is 0. The molecule has 1 fully saturated rings. The van der Waals surface area contributed by atoms with Crippen LogP contribution in [-0.4, -0.2) is 60.1 Å². The SMILES string of the molecule is CCN1CCN(CCC(O)c2ccc(NC(C)=O)cc2)CC1. The number of benzene rings is 1. The van der Waals surface area contributed by atoms with Crippen molar-refractivity contribution in [3.8, 4) is 0 Å². The Morgan fingerprint density at radius 3 is 2.32 bits per heavy atom. The molecular formula is C17H27N3O2. The molecule has 1 aliphatic heterocycles. The predicted molar refractivity (Wildman–Crippen MR) is 88.9 cm³/mol. The van der Waals surface area contributed by atoms with Gasteiger partial charge in [-0.2, -0.15) is 0 Å². The molecule has 22 heavy (non-hydrogen) atoms. The molecule has 0 radical (unpaired) electrons. The lowest BCUT2D eigenvalue weighted by Crippen LogP contribution is -2.46. The van der Waals surface area contributed by atoms with E-state index < -0.39 is 6.10 Å². The molecule has 5 nitrogen and oxygen atoms in total. The van der Waals surface area contributed by atoms with Gasteiger partial charge in [0.25, 0.3) is 0 Å². The lowest BCUT2D eigenvalue weighted by atomic mass is 10.1. The third-order valence-electron chi connectivity index (χ3n) is 4.25. The van der Waals surface area contributed by atoms with Crippen LogP contribution in [0.4, 0.5) is 5.69 Å². The zero-order valence-electron chi connectivity index (χ0n) is 13.6. The summed E-state index contributed by atoms with van der Waals surface area (Å²) in [6.07, 6.45) is 0.293. The summed E-state index contributed by atoms with van der Waals surface area (Å²) in [5.41, 5.74) is 1.67. The first-order valence-corrected chi connectivity index (χ1v) is 8.09. The van der Waals surface area contributed by atoms with Crippen LogP contribution < -0.4 is 5.32 Å². The van der Waals surface area contributed by atoms with Crippen molar-refractivity contribution in [2.24, 2.45) is 0 Å². The molecule has 1 heterocycles. The second kappa shape index (κ2) is 8.27. The second-order valence-corrected chi connectivity index (χ2v) is 5.88.